The van der Waals surface area contributed by atoms with E-state index in [0.717, 1.165) is 16.7 Å². The number of nitrogens with two attached hydrogens (primary N) is 1. The molecule has 5 nitrogen and oxygen atoms in total. The molecule has 2 N–H and O–H groups in total. The van der Waals surface area contributed by atoms with Crippen molar-refractivity contribution in [2.45, 2.75) is 12.5 Å². The number of nitrogens with zero attached hydrogens (tertiary/aromatic N) is 4. The Labute approximate surface area is 172 Å². The number of benzene rings is 2. The maximum atomic E-state index is 6.47. The lowest BCUT2D eigenvalue weighted by Gasteiger charge is -2.20. The molecule has 1 atom stereocenters. The van der Waals surface area contributed by atoms with E-state index >= 15 is 0 Å². The number of hydrogen-bond donors (Lipinski definition) is 1. The van der Waals surface area contributed by atoms with Gasteiger partial charge < -0.3 is 10.3 Å². The Morgan fingerprint density at radius 1 is 0.964 bits per heavy atom. The fourth-order valence-corrected chi connectivity index (χ4v) is 3.74. The molecule has 2 heterocycles. The van der Waals surface area contributed by atoms with Crippen molar-refractivity contribution in [3.8, 4) is 11.1 Å². The van der Waals surface area contributed by atoms with Gasteiger partial charge in [-0.25, -0.2) is 15.0 Å². The molecule has 2 aromatic carbocycles. The third-order valence-electron chi connectivity index (χ3n) is 4.53. The van der Waals surface area contributed by atoms with Gasteiger partial charge in [0.05, 0.1) is 12.4 Å². The predicted molar refractivity (Wildman–Crippen MR) is 112 cm³/mol. The maximum Gasteiger partial charge on any atom is 0.151 e. The molecule has 1 unspecified atom stereocenters. The van der Waals surface area contributed by atoms with Gasteiger partial charge in [0.1, 0.15) is 0 Å². The molecule has 2 aromatic heterocycles. The molecule has 4 rings (SSSR count). The van der Waals surface area contributed by atoms with E-state index in [-0.39, 0.29) is 6.04 Å². The van der Waals surface area contributed by atoms with Crippen molar-refractivity contribution in [2.24, 2.45) is 0 Å². The van der Waals surface area contributed by atoms with Gasteiger partial charge in [0.15, 0.2) is 5.82 Å². The van der Waals surface area contributed by atoms with Crippen LogP contribution in [0.5, 0.6) is 0 Å². The van der Waals surface area contributed by atoms with E-state index in [1.54, 1.807) is 37.1 Å². The second kappa shape index (κ2) is 8.00. The number of aromatic nitrogens is 4. The second-order valence-corrected chi connectivity index (χ2v) is 7.22. The van der Waals surface area contributed by atoms with E-state index in [0.29, 0.717) is 28.0 Å². The number of nitrogen functional groups attached to an aromatic ring is 1. The predicted octanol–water partition coefficient (Wildman–Crippen LogP) is 5.06. The van der Waals surface area contributed by atoms with Crippen LogP contribution in [0, 0.1) is 0 Å². The Bertz CT molecular complexity index is 1080. The van der Waals surface area contributed by atoms with Crippen molar-refractivity contribution in [1.82, 2.24) is 19.5 Å². The third kappa shape index (κ3) is 3.86. The monoisotopic (exact) mass is 409 g/mol. The summed E-state index contributed by atoms with van der Waals surface area (Å²) < 4.78 is 1.99. The first-order chi connectivity index (χ1) is 13.6. The molecule has 28 heavy (non-hydrogen) atoms. The van der Waals surface area contributed by atoms with Gasteiger partial charge in [-0.3, -0.25) is 0 Å². The molecule has 140 valence electrons. The van der Waals surface area contributed by atoms with E-state index in [2.05, 4.69) is 15.0 Å². The summed E-state index contributed by atoms with van der Waals surface area (Å²) in [5.74, 6) is 0.705. The Balaban J connectivity index is 1.80. The van der Waals surface area contributed by atoms with Gasteiger partial charge in [-0.05, 0) is 41.5 Å². The van der Waals surface area contributed by atoms with Gasteiger partial charge in [-0.15, -0.1) is 0 Å². The standard InChI is InChI=1S/C21H17Cl2N5/c22-15-2-4-18(19(23)12-15)17-5-3-16(24)10-14(17)11-20(28-9-8-25-13-28)21-26-6-1-7-27-21/h1-10,12-13,20H,11,24H2. The normalized spacial score (nSPS) is 12.1. The SMILES string of the molecule is Nc1ccc(-c2ccc(Cl)cc2Cl)c(CC(c2ncccn2)n2ccnc2)c1. The molecule has 0 radical (unpaired) electrons. The van der Waals surface area contributed by atoms with Crippen LogP contribution < -0.4 is 5.73 Å². The zero-order chi connectivity index (χ0) is 19.5. The van der Waals surface area contributed by atoms with Crippen molar-refractivity contribution in [3.05, 3.63) is 95.0 Å². The highest BCUT2D eigenvalue weighted by Gasteiger charge is 2.20. The number of rotatable bonds is 5. The Kier molecular flexibility index (Phi) is 5.28. The van der Waals surface area contributed by atoms with E-state index < -0.39 is 0 Å². The fraction of sp³-hybridized carbons (Fsp3) is 0.0952. The van der Waals surface area contributed by atoms with Crippen LogP contribution in [0.2, 0.25) is 10.0 Å². The first-order valence-corrected chi connectivity index (χ1v) is 9.45. The average Bonchev–Trinajstić information content (AvgIpc) is 3.22. The highest BCUT2D eigenvalue weighted by molar-refractivity contribution is 6.36. The van der Waals surface area contributed by atoms with Crippen LogP contribution in [0.4, 0.5) is 5.69 Å². The molecular weight excluding hydrogens is 393 g/mol. The molecular formula is C21H17Cl2N5. The number of anilines is 1. The summed E-state index contributed by atoms with van der Waals surface area (Å²) in [7, 11) is 0. The van der Waals surface area contributed by atoms with Gasteiger partial charge in [0.2, 0.25) is 0 Å². The quantitative estimate of drug-likeness (QED) is 0.467. The van der Waals surface area contributed by atoms with Gasteiger partial charge in [-0.2, -0.15) is 0 Å². The first kappa shape index (κ1) is 18.5. The Morgan fingerprint density at radius 3 is 2.46 bits per heavy atom. The minimum atomic E-state index is -0.129. The summed E-state index contributed by atoms with van der Waals surface area (Å²) in [5, 5.41) is 1.19. The van der Waals surface area contributed by atoms with Gasteiger partial charge in [-0.1, -0.05) is 35.3 Å². The van der Waals surface area contributed by atoms with Crippen molar-refractivity contribution >= 4 is 28.9 Å². The largest absolute Gasteiger partial charge is 0.399 e. The van der Waals surface area contributed by atoms with Gasteiger partial charge >= 0.3 is 0 Å². The molecule has 0 amide bonds. The molecule has 0 spiro atoms. The van der Waals surface area contributed by atoms with Crippen molar-refractivity contribution < 1.29 is 0 Å². The lowest BCUT2D eigenvalue weighted by molar-refractivity contribution is 0.548. The van der Waals surface area contributed by atoms with Crippen LogP contribution in [0.1, 0.15) is 17.4 Å². The van der Waals surface area contributed by atoms with Gasteiger partial charge in [0, 0.05) is 52.5 Å². The highest BCUT2D eigenvalue weighted by Crippen LogP contribution is 2.35. The summed E-state index contributed by atoms with van der Waals surface area (Å²) in [6, 6.07) is 13.0. The molecule has 0 saturated heterocycles. The van der Waals surface area contributed by atoms with E-state index in [4.69, 9.17) is 28.9 Å². The molecule has 4 aromatic rings. The minimum Gasteiger partial charge on any atom is -0.399 e. The van der Waals surface area contributed by atoms with Crippen LogP contribution in [0.15, 0.2) is 73.6 Å². The van der Waals surface area contributed by atoms with E-state index in [1.165, 1.54) is 0 Å². The summed E-state index contributed by atoms with van der Waals surface area (Å²) in [4.78, 5) is 13.1. The lowest BCUT2D eigenvalue weighted by Crippen LogP contribution is -2.15. The third-order valence-corrected chi connectivity index (χ3v) is 5.08. The zero-order valence-electron chi connectivity index (χ0n) is 14.8. The van der Waals surface area contributed by atoms with Crippen LogP contribution in [-0.4, -0.2) is 19.5 Å². The fourth-order valence-electron chi connectivity index (χ4n) is 3.23. The average molecular weight is 410 g/mol. The number of imidazole rings is 1. The first-order valence-electron chi connectivity index (χ1n) is 8.70. The van der Waals surface area contributed by atoms with Crippen LogP contribution in [0.25, 0.3) is 11.1 Å². The number of halogens is 2. The Morgan fingerprint density at radius 2 is 1.75 bits per heavy atom. The molecule has 0 saturated carbocycles. The van der Waals surface area contributed by atoms with Crippen LogP contribution >= 0.6 is 23.2 Å². The molecule has 0 bridgehead atoms. The smallest absolute Gasteiger partial charge is 0.151 e. The molecule has 0 fully saturated rings. The molecule has 7 heteroatoms. The highest BCUT2D eigenvalue weighted by atomic mass is 35.5. The van der Waals surface area contributed by atoms with Crippen molar-refractivity contribution in [3.63, 3.8) is 0 Å². The molecule has 0 aliphatic carbocycles. The summed E-state index contributed by atoms with van der Waals surface area (Å²) >= 11 is 12.5. The summed E-state index contributed by atoms with van der Waals surface area (Å²) in [6.07, 6.45) is 9.52. The maximum absolute atomic E-state index is 6.47. The topological polar surface area (TPSA) is 69.6 Å². The lowest BCUT2D eigenvalue weighted by atomic mass is 9.94. The van der Waals surface area contributed by atoms with Crippen molar-refractivity contribution in [1.29, 1.82) is 0 Å². The van der Waals surface area contributed by atoms with Gasteiger partial charge in [0.25, 0.3) is 0 Å². The van der Waals surface area contributed by atoms with Crippen molar-refractivity contribution in [2.75, 3.05) is 5.73 Å². The summed E-state index contributed by atoms with van der Waals surface area (Å²) in [5.41, 5.74) is 9.72. The van der Waals surface area contributed by atoms with E-state index in [1.807, 2.05) is 41.1 Å². The number of hydrogen-bond acceptors (Lipinski definition) is 4. The molecule has 0 aliphatic rings. The minimum absolute atomic E-state index is 0.129. The Hall–Kier alpha value is -2.89. The van der Waals surface area contributed by atoms with Crippen LogP contribution in [0.3, 0.4) is 0 Å². The molecule has 0 aliphatic heterocycles. The zero-order valence-corrected chi connectivity index (χ0v) is 16.3. The second-order valence-electron chi connectivity index (χ2n) is 6.38. The summed E-state index contributed by atoms with van der Waals surface area (Å²) in [6.45, 7) is 0. The van der Waals surface area contributed by atoms with E-state index in [9.17, 15) is 0 Å². The van der Waals surface area contributed by atoms with Crippen LogP contribution in [-0.2, 0) is 6.42 Å².